The molecular formula is C13H10O4S3. The van der Waals surface area contributed by atoms with E-state index in [-0.39, 0.29) is 10.6 Å². The lowest BCUT2D eigenvalue weighted by Crippen LogP contribution is -2.03. The number of hydrogen-bond acceptors (Lipinski definition) is 5. The molecule has 0 bridgehead atoms. The van der Waals surface area contributed by atoms with Crippen molar-refractivity contribution in [2.24, 2.45) is 0 Å². The first-order valence-electron chi connectivity index (χ1n) is 5.46. The fraction of sp³-hybridized carbons (Fsp3) is 0. The second kappa shape index (κ2) is 6.36. The topological polar surface area (TPSA) is 63.6 Å². The van der Waals surface area contributed by atoms with E-state index in [4.69, 9.17) is 4.74 Å². The van der Waals surface area contributed by atoms with Gasteiger partial charge < -0.3 is 4.74 Å². The summed E-state index contributed by atoms with van der Waals surface area (Å²) in [5, 5.41) is 0. The van der Waals surface area contributed by atoms with Crippen LogP contribution in [-0.2, 0) is 10.1 Å². The number of rotatable bonds is 5. The second-order valence-corrected chi connectivity index (χ2v) is 6.39. The molecule has 7 heteroatoms. The van der Waals surface area contributed by atoms with Gasteiger partial charge in [0.05, 0.1) is 4.90 Å². The minimum absolute atomic E-state index is 0.0267. The van der Waals surface area contributed by atoms with Gasteiger partial charge in [-0.2, -0.15) is 8.42 Å². The van der Waals surface area contributed by atoms with Crippen molar-refractivity contribution < 1.29 is 17.7 Å². The highest BCUT2D eigenvalue weighted by atomic mass is 32.2. The lowest BCUT2D eigenvalue weighted by molar-refractivity contribution is 0.473. The monoisotopic (exact) mass is 326 g/mol. The lowest BCUT2D eigenvalue weighted by atomic mass is 10.3. The minimum atomic E-state index is -4.38. The van der Waals surface area contributed by atoms with Crippen LogP contribution in [0.1, 0.15) is 0 Å². The van der Waals surface area contributed by atoms with Gasteiger partial charge in [0.2, 0.25) is 0 Å². The average Bonchev–Trinajstić information content (AvgIpc) is 2.41. The molecule has 2 rings (SSSR count). The molecule has 0 amide bonds. The Bertz CT molecular complexity index is 712. The molecule has 0 aliphatic carbocycles. The van der Waals surface area contributed by atoms with Crippen molar-refractivity contribution in [1.29, 1.82) is 0 Å². The molecule has 0 unspecified atom stereocenters. The summed E-state index contributed by atoms with van der Waals surface area (Å²) in [6, 6.07) is 13.9. The first kappa shape index (κ1) is 15.0. The highest BCUT2D eigenvalue weighted by Crippen LogP contribution is 2.38. The summed E-state index contributed by atoms with van der Waals surface area (Å²) in [5.41, 5.74) is 0.957. The molecule has 0 aliphatic heterocycles. The quantitative estimate of drug-likeness (QED) is 0.671. The summed E-state index contributed by atoms with van der Waals surface area (Å²) < 4.78 is 37.0. The van der Waals surface area contributed by atoms with Crippen LogP contribution in [0.15, 0.2) is 63.2 Å². The van der Waals surface area contributed by atoms with E-state index in [0.717, 1.165) is 10.4 Å². The van der Waals surface area contributed by atoms with Gasteiger partial charge in [0.15, 0.2) is 11.3 Å². The Morgan fingerprint density at radius 3 is 2.40 bits per heavy atom. The number of thiocarbonyl (C=S) groups is 1. The van der Waals surface area contributed by atoms with Crippen molar-refractivity contribution >= 4 is 39.7 Å². The summed E-state index contributed by atoms with van der Waals surface area (Å²) in [6.07, 6.45) is 0. The third kappa shape index (κ3) is 3.57. The SMILES string of the molecule is O=S(=O)(O)c1cccc(Sc2ccccc2)c1OC=S. The van der Waals surface area contributed by atoms with Crippen LogP contribution < -0.4 is 4.74 Å². The Morgan fingerprint density at radius 2 is 1.80 bits per heavy atom. The maximum absolute atomic E-state index is 11.4. The smallest absolute Gasteiger partial charge is 0.298 e. The molecule has 4 nitrogen and oxygen atoms in total. The fourth-order valence-electron chi connectivity index (χ4n) is 1.56. The van der Waals surface area contributed by atoms with Crippen LogP contribution in [0.3, 0.4) is 0 Å². The van der Waals surface area contributed by atoms with Crippen LogP contribution >= 0.6 is 24.0 Å². The van der Waals surface area contributed by atoms with Crippen LogP contribution in [0, 0.1) is 0 Å². The first-order chi connectivity index (χ1) is 9.52. The molecule has 104 valence electrons. The molecule has 0 saturated heterocycles. The highest BCUT2D eigenvalue weighted by molar-refractivity contribution is 7.99. The Balaban J connectivity index is 2.50. The normalized spacial score (nSPS) is 11.1. The fourth-order valence-corrected chi connectivity index (χ4v) is 3.31. The van der Waals surface area contributed by atoms with Gasteiger partial charge in [0, 0.05) is 4.90 Å². The Hall–Kier alpha value is -1.41. The van der Waals surface area contributed by atoms with Crippen LogP contribution in [0.25, 0.3) is 0 Å². The van der Waals surface area contributed by atoms with Gasteiger partial charge in [-0.25, -0.2) is 0 Å². The van der Waals surface area contributed by atoms with Crippen molar-refractivity contribution in [2.75, 3.05) is 0 Å². The summed E-state index contributed by atoms with van der Waals surface area (Å²) in [4.78, 5) is 1.15. The maximum Gasteiger partial charge on any atom is 0.298 e. The van der Waals surface area contributed by atoms with Gasteiger partial charge in [0.1, 0.15) is 4.90 Å². The number of para-hydroxylation sites is 1. The molecule has 0 aromatic heterocycles. The van der Waals surface area contributed by atoms with E-state index in [9.17, 15) is 13.0 Å². The predicted octanol–water partition coefficient (Wildman–Crippen LogP) is 3.42. The van der Waals surface area contributed by atoms with Gasteiger partial charge >= 0.3 is 0 Å². The van der Waals surface area contributed by atoms with Crippen LogP contribution in [-0.4, -0.2) is 18.5 Å². The van der Waals surface area contributed by atoms with Crippen molar-refractivity contribution in [2.45, 2.75) is 14.7 Å². The minimum Gasteiger partial charge on any atom is -0.451 e. The largest absolute Gasteiger partial charge is 0.451 e. The molecule has 2 aromatic rings. The van der Waals surface area contributed by atoms with Crippen molar-refractivity contribution in [3.8, 4) is 5.75 Å². The molecule has 0 atom stereocenters. The predicted molar refractivity (Wildman–Crippen MR) is 81.1 cm³/mol. The molecule has 0 heterocycles. The molecule has 0 saturated carbocycles. The van der Waals surface area contributed by atoms with Gasteiger partial charge in [0.25, 0.3) is 10.1 Å². The third-order valence-electron chi connectivity index (χ3n) is 2.36. The summed E-state index contributed by atoms with van der Waals surface area (Å²) >= 11 is 5.93. The average molecular weight is 326 g/mol. The van der Waals surface area contributed by atoms with E-state index in [1.165, 1.54) is 23.9 Å². The van der Waals surface area contributed by atoms with Crippen molar-refractivity contribution in [3.63, 3.8) is 0 Å². The van der Waals surface area contributed by atoms with E-state index in [0.29, 0.717) is 4.90 Å². The van der Waals surface area contributed by atoms with E-state index in [1.807, 2.05) is 30.3 Å². The Morgan fingerprint density at radius 1 is 1.10 bits per heavy atom. The van der Waals surface area contributed by atoms with Crippen LogP contribution in [0.5, 0.6) is 5.75 Å². The van der Waals surface area contributed by atoms with Crippen molar-refractivity contribution in [1.82, 2.24) is 0 Å². The number of benzene rings is 2. The zero-order chi connectivity index (χ0) is 14.6. The lowest BCUT2D eigenvalue weighted by Gasteiger charge is -2.11. The van der Waals surface area contributed by atoms with Crippen LogP contribution in [0.4, 0.5) is 0 Å². The molecular weight excluding hydrogens is 316 g/mol. The van der Waals surface area contributed by atoms with E-state index < -0.39 is 10.1 Å². The summed E-state index contributed by atoms with van der Waals surface area (Å²) in [7, 11) is -4.38. The standard InChI is InChI=1S/C13H10O4S3/c14-20(15,16)12-8-4-7-11(13(12)17-9-18)19-10-5-2-1-3-6-10/h1-9H,(H,14,15,16). The van der Waals surface area contributed by atoms with E-state index in [1.54, 1.807) is 6.07 Å². The second-order valence-electron chi connectivity index (χ2n) is 3.69. The highest BCUT2D eigenvalue weighted by Gasteiger charge is 2.20. The van der Waals surface area contributed by atoms with Crippen LogP contribution in [0.2, 0.25) is 0 Å². The van der Waals surface area contributed by atoms with Gasteiger partial charge in [-0.3, -0.25) is 4.55 Å². The van der Waals surface area contributed by atoms with Gasteiger partial charge in [-0.1, -0.05) is 36.0 Å². The molecule has 2 aromatic carbocycles. The van der Waals surface area contributed by atoms with Gasteiger partial charge in [-0.15, -0.1) is 0 Å². The molecule has 0 fully saturated rings. The molecule has 0 spiro atoms. The number of ether oxygens (including phenoxy) is 1. The maximum atomic E-state index is 11.4. The zero-order valence-corrected chi connectivity index (χ0v) is 12.5. The third-order valence-corrected chi connectivity index (χ3v) is 4.38. The summed E-state index contributed by atoms with van der Waals surface area (Å²) in [5.74, 6) is 0.0267. The van der Waals surface area contributed by atoms with E-state index in [2.05, 4.69) is 12.2 Å². The van der Waals surface area contributed by atoms with E-state index >= 15 is 0 Å². The molecule has 20 heavy (non-hydrogen) atoms. The van der Waals surface area contributed by atoms with Crippen molar-refractivity contribution in [3.05, 3.63) is 48.5 Å². The van der Waals surface area contributed by atoms with Gasteiger partial charge in [-0.05, 0) is 36.5 Å². The number of hydrogen-bond donors (Lipinski definition) is 1. The molecule has 0 radical (unpaired) electrons. The first-order valence-corrected chi connectivity index (χ1v) is 8.19. The molecule has 1 N–H and O–H groups in total. The zero-order valence-electron chi connectivity index (χ0n) is 10.1. The Labute approximate surface area is 126 Å². The molecule has 0 aliphatic rings. The summed E-state index contributed by atoms with van der Waals surface area (Å²) in [6.45, 7) is 0. The Kier molecular flexibility index (Phi) is 4.77.